The summed E-state index contributed by atoms with van der Waals surface area (Å²) in [5.74, 6) is 1.40. The number of imidazole rings is 1. The zero-order valence-electron chi connectivity index (χ0n) is 16.8. The molecule has 0 amide bonds. The Bertz CT molecular complexity index is 1240. The van der Waals surface area contributed by atoms with Crippen LogP contribution in [0.1, 0.15) is 17.4 Å². The van der Waals surface area contributed by atoms with E-state index < -0.39 is 6.36 Å². The number of ether oxygens (including phenoxy) is 1. The van der Waals surface area contributed by atoms with Crippen molar-refractivity contribution in [3.63, 3.8) is 0 Å². The molecule has 0 atom stereocenters. The molecule has 0 N–H and O–H groups in total. The topological polar surface area (TPSA) is 53.1 Å². The van der Waals surface area contributed by atoms with Crippen LogP contribution in [-0.4, -0.2) is 20.9 Å². The van der Waals surface area contributed by atoms with Crippen molar-refractivity contribution in [1.82, 2.24) is 14.5 Å². The van der Waals surface area contributed by atoms with Gasteiger partial charge in [0.05, 0.1) is 11.4 Å². The molecular weight excluding hydrogens is 475 g/mol. The number of rotatable bonds is 4. The maximum Gasteiger partial charge on any atom is 0.573 e. The summed E-state index contributed by atoms with van der Waals surface area (Å²) in [6, 6.07) is 11.3. The van der Waals surface area contributed by atoms with Gasteiger partial charge in [-0.15, -0.1) is 13.2 Å². The van der Waals surface area contributed by atoms with E-state index in [4.69, 9.17) is 4.42 Å². The van der Waals surface area contributed by atoms with Crippen molar-refractivity contribution in [3.8, 4) is 34.0 Å². The summed E-state index contributed by atoms with van der Waals surface area (Å²) in [7, 11) is 0. The van der Waals surface area contributed by atoms with Gasteiger partial charge in [0.1, 0.15) is 17.3 Å². The molecule has 0 saturated heterocycles. The monoisotopic (exact) mass is 491 g/mol. The van der Waals surface area contributed by atoms with Crippen molar-refractivity contribution < 1.29 is 22.3 Å². The minimum Gasteiger partial charge on any atom is -0.440 e. The largest absolute Gasteiger partial charge is 0.573 e. The summed E-state index contributed by atoms with van der Waals surface area (Å²) >= 11 is 3.51. The van der Waals surface area contributed by atoms with Crippen LogP contribution in [0.2, 0.25) is 0 Å². The van der Waals surface area contributed by atoms with Crippen molar-refractivity contribution in [1.29, 1.82) is 0 Å². The third-order valence-corrected chi connectivity index (χ3v) is 5.05. The molecule has 160 valence electrons. The smallest absolute Gasteiger partial charge is 0.440 e. The Kier molecular flexibility index (Phi) is 5.38. The summed E-state index contributed by atoms with van der Waals surface area (Å²) in [5.41, 5.74) is 3.67. The maximum atomic E-state index is 12.5. The number of hydrogen-bond donors (Lipinski definition) is 0. The van der Waals surface area contributed by atoms with E-state index >= 15 is 0 Å². The van der Waals surface area contributed by atoms with E-state index in [0.29, 0.717) is 22.9 Å². The van der Waals surface area contributed by atoms with Gasteiger partial charge in [-0.3, -0.25) is 0 Å². The fourth-order valence-corrected chi connectivity index (χ4v) is 3.74. The van der Waals surface area contributed by atoms with E-state index in [-0.39, 0.29) is 5.75 Å². The van der Waals surface area contributed by atoms with Crippen molar-refractivity contribution >= 4 is 15.9 Å². The van der Waals surface area contributed by atoms with Gasteiger partial charge in [-0.25, -0.2) is 9.97 Å². The van der Waals surface area contributed by atoms with Crippen LogP contribution in [0, 0.1) is 20.8 Å². The minimum atomic E-state index is -4.75. The zero-order valence-corrected chi connectivity index (χ0v) is 18.4. The van der Waals surface area contributed by atoms with Gasteiger partial charge in [0.15, 0.2) is 11.7 Å². The standard InChI is InChI=1S/C22H17BrF3N3O2/c1-12-11-29(13(2)27-12)19-9-6-16(23)10-18(19)20-21(30-14(3)28-20)15-4-7-17(8-5-15)31-22(24,25)26/h4-11H,1-3H3. The predicted molar refractivity (Wildman–Crippen MR) is 113 cm³/mol. The molecule has 0 aliphatic heterocycles. The fraction of sp³-hybridized carbons (Fsp3) is 0.182. The van der Waals surface area contributed by atoms with Crippen molar-refractivity contribution in [2.45, 2.75) is 27.1 Å². The molecular formula is C22H17BrF3N3O2. The van der Waals surface area contributed by atoms with E-state index in [1.54, 1.807) is 6.92 Å². The highest BCUT2D eigenvalue weighted by molar-refractivity contribution is 9.10. The maximum absolute atomic E-state index is 12.5. The fourth-order valence-electron chi connectivity index (χ4n) is 3.38. The lowest BCUT2D eigenvalue weighted by atomic mass is 10.0. The van der Waals surface area contributed by atoms with Crippen LogP contribution >= 0.6 is 15.9 Å². The van der Waals surface area contributed by atoms with E-state index in [1.807, 2.05) is 42.8 Å². The predicted octanol–water partition coefficient (Wildman–Crippen LogP) is 6.78. The van der Waals surface area contributed by atoms with E-state index in [9.17, 15) is 13.2 Å². The molecule has 4 aromatic rings. The first-order valence-corrected chi connectivity index (χ1v) is 10.1. The molecule has 4 rings (SSSR count). The van der Waals surface area contributed by atoms with E-state index in [0.717, 1.165) is 27.2 Å². The molecule has 0 saturated carbocycles. The third kappa shape index (κ3) is 4.51. The van der Waals surface area contributed by atoms with Crippen LogP contribution in [-0.2, 0) is 0 Å². The molecule has 2 heterocycles. The SMILES string of the molecule is Cc1cn(-c2ccc(Br)cc2-c2nc(C)oc2-c2ccc(OC(F)(F)F)cc2)c(C)n1. The number of hydrogen-bond acceptors (Lipinski definition) is 4. The molecule has 9 heteroatoms. The van der Waals surface area contributed by atoms with Crippen LogP contribution in [0.15, 0.2) is 57.6 Å². The number of aromatic nitrogens is 3. The third-order valence-electron chi connectivity index (χ3n) is 4.56. The molecule has 0 fully saturated rings. The Balaban J connectivity index is 1.83. The lowest BCUT2D eigenvalue weighted by Gasteiger charge is -2.12. The highest BCUT2D eigenvalue weighted by Crippen LogP contribution is 2.38. The van der Waals surface area contributed by atoms with Crippen LogP contribution in [0.25, 0.3) is 28.3 Å². The normalized spacial score (nSPS) is 11.7. The molecule has 2 aromatic heterocycles. The van der Waals surface area contributed by atoms with E-state index in [1.165, 1.54) is 24.3 Å². The number of benzene rings is 2. The molecule has 31 heavy (non-hydrogen) atoms. The summed E-state index contributed by atoms with van der Waals surface area (Å²) in [6.45, 7) is 5.55. The van der Waals surface area contributed by atoms with Gasteiger partial charge in [0.2, 0.25) is 0 Å². The molecule has 2 aromatic carbocycles. The van der Waals surface area contributed by atoms with Gasteiger partial charge in [-0.05, 0) is 56.3 Å². The van der Waals surface area contributed by atoms with Crippen molar-refractivity contribution in [3.05, 3.63) is 70.5 Å². The molecule has 5 nitrogen and oxygen atoms in total. The first kappa shape index (κ1) is 21.2. The summed E-state index contributed by atoms with van der Waals surface area (Å²) < 4.78 is 50.0. The van der Waals surface area contributed by atoms with E-state index in [2.05, 4.69) is 30.6 Å². The average molecular weight is 492 g/mol. The number of halogens is 4. The summed E-state index contributed by atoms with van der Waals surface area (Å²) in [6.07, 6.45) is -2.82. The second-order valence-corrected chi connectivity index (χ2v) is 7.86. The van der Waals surface area contributed by atoms with Crippen LogP contribution in [0.3, 0.4) is 0 Å². The lowest BCUT2D eigenvalue weighted by molar-refractivity contribution is -0.274. The average Bonchev–Trinajstić information content (AvgIpc) is 3.22. The Hall–Kier alpha value is -3.07. The number of oxazole rings is 1. The summed E-state index contributed by atoms with van der Waals surface area (Å²) in [5, 5.41) is 0. The number of alkyl halides is 3. The number of nitrogens with zero attached hydrogens (tertiary/aromatic N) is 3. The molecule has 0 bridgehead atoms. The van der Waals surface area contributed by atoms with Gasteiger partial charge in [-0.1, -0.05) is 15.9 Å². The zero-order chi connectivity index (χ0) is 22.3. The molecule has 0 spiro atoms. The van der Waals surface area contributed by atoms with Gasteiger partial charge >= 0.3 is 6.36 Å². The van der Waals surface area contributed by atoms with Gasteiger partial charge < -0.3 is 13.7 Å². The first-order valence-electron chi connectivity index (χ1n) is 9.27. The Morgan fingerprint density at radius 2 is 1.71 bits per heavy atom. The molecule has 0 aliphatic rings. The van der Waals surface area contributed by atoms with Crippen molar-refractivity contribution in [2.75, 3.05) is 0 Å². The second kappa shape index (κ2) is 7.88. The second-order valence-electron chi connectivity index (χ2n) is 6.94. The molecule has 0 aliphatic carbocycles. The molecule has 0 radical (unpaired) electrons. The Labute approximate surface area is 184 Å². The Morgan fingerprint density at radius 1 is 1.00 bits per heavy atom. The van der Waals surface area contributed by atoms with Crippen molar-refractivity contribution in [2.24, 2.45) is 0 Å². The lowest BCUT2D eigenvalue weighted by Crippen LogP contribution is -2.16. The highest BCUT2D eigenvalue weighted by Gasteiger charge is 2.31. The van der Waals surface area contributed by atoms with Gasteiger partial charge in [-0.2, -0.15) is 0 Å². The van der Waals surface area contributed by atoms with Crippen LogP contribution < -0.4 is 4.74 Å². The minimum absolute atomic E-state index is 0.304. The Morgan fingerprint density at radius 3 is 2.32 bits per heavy atom. The highest BCUT2D eigenvalue weighted by atomic mass is 79.9. The number of aryl methyl sites for hydroxylation is 3. The van der Waals surface area contributed by atoms with Crippen LogP contribution in [0.5, 0.6) is 5.75 Å². The quantitative estimate of drug-likeness (QED) is 0.315. The first-order chi connectivity index (χ1) is 14.6. The van der Waals surface area contributed by atoms with Gasteiger partial charge in [0.25, 0.3) is 0 Å². The molecule has 0 unspecified atom stereocenters. The van der Waals surface area contributed by atoms with Gasteiger partial charge in [0, 0.05) is 28.7 Å². The summed E-state index contributed by atoms with van der Waals surface area (Å²) in [4.78, 5) is 9.04. The van der Waals surface area contributed by atoms with Crippen LogP contribution in [0.4, 0.5) is 13.2 Å².